The van der Waals surface area contributed by atoms with Crippen molar-refractivity contribution >= 4 is 11.6 Å². The van der Waals surface area contributed by atoms with Gasteiger partial charge in [-0.05, 0) is 75.8 Å². The van der Waals surface area contributed by atoms with Crippen molar-refractivity contribution in [3.63, 3.8) is 0 Å². The van der Waals surface area contributed by atoms with Crippen LogP contribution in [-0.2, 0) is 4.74 Å². The number of rotatable bonds is 4. The Morgan fingerprint density at radius 1 is 1.00 bits per heavy atom. The zero-order valence-electron chi connectivity index (χ0n) is 14.6. The Labute approximate surface area is 151 Å². The van der Waals surface area contributed by atoms with Crippen LogP contribution < -0.4 is 21.5 Å². The molecular weight excluding hydrogens is 324 g/mol. The van der Waals surface area contributed by atoms with Crippen LogP contribution in [0.15, 0.2) is 0 Å². The van der Waals surface area contributed by atoms with Crippen molar-refractivity contribution in [2.24, 2.45) is 17.8 Å². The summed E-state index contributed by atoms with van der Waals surface area (Å²) in [6, 6.07) is 0.577. The molecule has 0 radical (unpaired) electrons. The van der Waals surface area contributed by atoms with E-state index in [2.05, 4.69) is 21.5 Å². The first-order valence-electron chi connectivity index (χ1n) is 10.0. The van der Waals surface area contributed by atoms with E-state index in [1.54, 1.807) is 0 Å². The molecule has 4 rings (SSSR count). The minimum Gasteiger partial charge on any atom is -0.377 e. The molecule has 138 valence electrons. The number of hydrogen-bond acceptors (Lipinski definition) is 5. The van der Waals surface area contributed by atoms with Crippen molar-refractivity contribution in [2.75, 3.05) is 26.2 Å². The van der Waals surface area contributed by atoms with Gasteiger partial charge in [-0.25, -0.2) is 5.43 Å². The lowest BCUT2D eigenvalue weighted by Gasteiger charge is -2.50. The smallest absolute Gasteiger partial charge is 0.0737 e. The molecule has 0 aromatic carbocycles. The number of hydrogen-bond donors (Lipinski definition) is 4. The van der Waals surface area contributed by atoms with Crippen molar-refractivity contribution in [3.8, 4) is 0 Å². The van der Waals surface area contributed by atoms with Gasteiger partial charge in [0.1, 0.15) is 0 Å². The summed E-state index contributed by atoms with van der Waals surface area (Å²) in [5.41, 5.74) is 7.32. The standard InChI is InChI=1S/C18H33ClN4O/c19-13-5-3-12(4-6-13)17-16-11-20-8-7-15(16)18(23-22-17)21-10-14-2-1-9-24-14/h12-18,20-23H,1-11H2/t12?,13?,14-,15?,16?,17?,18?/m0/s1. The van der Waals surface area contributed by atoms with E-state index in [9.17, 15) is 0 Å². The number of hydrazine groups is 1. The number of nitrogens with one attached hydrogen (secondary N) is 4. The first kappa shape index (κ1) is 17.5. The Bertz CT molecular complexity index is 398. The fraction of sp³-hybridized carbons (Fsp3) is 1.00. The van der Waals surface area contributed by atoms with Gasteiger partial charge in [-0.15, -0.1) is 11.6 Å². The molecule has 0 spiro atoms. The van der Waals surface area contributed by atoms with Gasteiger partial charge < -0.3 is 10.1 Å². The molecule has 0 aromatic rings. The van der Waals surface area contributed by atoms with Crippen LogP contribution in [0, 0.1) is 17.8 Å². The van der Waals surface area contributed by atoms with Crippen molar-refractivity contribution < 1.29 is 4.74 Å². The summed E-state index contributed by atoms with van der Waals surface area (Å²) < 4.78 is 5.77. The quantitative estimate of drug-likeness (QED) is 0.576. The van der Waals surface area contributed by atoms with Gasteiger partial charge in [0.25, 0.3) is 0 Å². The number of ether oxygens (including phenoxy) is 1. The molecule has 6 heteroatoms. The second-order valence-electron chi connectivity index (χ2n) is 8.17. The van der Waals surface area contributed by atoms with Crippen molar-refractivity contribution in [1.82, 2.24) is 21.5 Å². The van der Waals surface area contributed by atoms with E-state index in [0.29, 0.717) is 35.5 Å². The zero-order valence-corrected chi connectivity index (χ0v) is 15.4. The third-order valence-corrected chi connectivity index (χ3v) is 7.11. The number of fused-ring (bicyclic) bond motifs is 1. The molecule has 4 aliphatic rings. The lowest BCUT2D eigenvalue weighted by Crippen LogP contribution is -2.70. The van der Waals surface area contributed by atoms with Gasteiger partial charge in [0, 0.05) is 24.6 Å². The molecule has 1 aliphatic carbocycles. The molecule has 1 saturated carbocycles. The van der Waals surface area contributed by atoms with Crippen LogP contribution in [0.25, 0.3) is 0 Å². The predicted molar refractivity (Wildman–Crippen MR) is 96.9 cm³/mol. The van der Waals surface area contributed by atoms with Crippen LogP contribution in [0.4, 0.5) is 0 Å². The largest absolute Gasteiger partial charge is 0.377 e. The summed E-state index contributed by atoms with van der Waals surface area (Å²) in [6.07, 6.45) is 9.33. The highest BCUT2D eigenvalue weighted by molar-refractivity contribution is 6.20. The Morgan fingerprint density at radius 2 is 1.88 bits per heavy atom. The lowest BCUT2D eigenvalue weighted by atomic mass is 9.70. The summed E-state index contributed by atoms with van der Waals surface area (Å²) in [5, 5.41) is 7.78. The van der Waals surface area contributed by atoms with Crippen LogP contribution in [0.1, 0.15) is 44.9 Å². The maximum atomic E-state index is 6.31. The maximum Gasteiger partial charge on any atom is 0.0737 e. The SMILES string of the molecule is ClC1CCC(C2NNC(NC[C@@H]3CCCO3)C3CCNCC32)CC1. The van der Waals surface area contributed by atoms with Gasteiger partial charge in [0.2, 0.25) is 0 Å². The molecule has 4 N–H and O–H groups in total. The van der Waals surface area contributed by atoms with Crippen LogP contribution >= 0.6 is 11.6 Å². The van der Waals surface area contributed by atoms with Gasteiger partial charge in [0.05, 0.1) is 12.3 Å². The fourth-order valence-corrected chi connectivity index (χ4v) is 5.53. The second kappa shape index (κ2) is 8.19. The summed E-state index contributed by atoms with van der Waals surface area (Å²) in [6.45, 7) is 4.19. The summed E-state index contributed by atoms with van der Waals surface area (Å²) in [4.78, 5) is 0. The molecule has 4 fully saturated rings. The first-order chi connectivity index (χ1) is 11.8. The first-order valence-corrected chi connectivity index (χ1v) is 10.5. The van der Waals surface area contributed by atoms with Gasteiger partial charge in [-0.1, -0.05) is 0 Å². The third kappa shape index (κ3) is 3.92. The monoisotopic (exact) mass is 356 g/mol. The molecule has 0 amide bonds. The molecule has 5 nitrogen and oxygen atoms in total. The van der Waals surface area contributed by atoms with Gasteiger partial charge in [-0.3, -0.25) is 10.7 Å². The maximum absolute atomic E-state index is 6.31. The van der Waals surface area contributed by atoms with E-state index >= 15 is 0 Å². The van der Waals surface area contributed by atoms with Crippen LogP contribution in [0.3, 0.4) is 0 Å². The van der Waals surface area contributed by atoms with E-state index in [1.165, 1.54) is 44.9 Å². The Morgan fingerprint density at radius 3 is 2.67 bits per heavy atom. The molecule has 4 unspecified atom stereocenters. The second-order valence-corrected chi connectivity index (χ2v) is 8.79. The third-order valence-electron chi connectivity index (χ3n) is 6.68. The molecule has 24 heavy (non-hydrogen) atoms. The summed E-state index contributed by atoms with van der Waals surface area (Å²) in [5.74, 6) is 2.17. The van der Waals surface area contributed by atoms with Crippen LogP contribution in [0.2, 0.25) is 0 Å². The van der Waals surface area contributed by atoms with Crippen molar-refractivity contribution in [3.05, 3.63) is 0 Å². The summed E-state index contributed by atoms with van der Waals surface area (Å²) in [7, 11) is 0. The Kier molecular flexibility index (Phi) is 5.97. The van der Waals surface area contributed by atoms with Crippen molar-refractivity contribution in [1.29, 1.82) is 0 Å². The minimum absolute atomic E-state index is 0.363. The van der Waals surface area contributed by atoms with Gasteiger partial charge in [0.15, 0.2) is 0 Å². The minimum atomic E-state index is 0.363. The van der Waals surface area contributed by atoms with Gasteiger partial charge >= 0.3 is 0 Å². The zero-order chi connectivity index (χ0) is 16.4. The van der Waals surface area contributed by atoms with E-state index in [4.69, 9.17) is 16.3 Å². The number of piperidine rings is 1. The lowest BCUT2D eigenvalue weighted by molar-refractivity contribution is 0.0251. The highest BCUT2D eigenvalue weighted by atomic mass is 35.5. The molecular formula is C18H33ClN4O. The van der Waals surface area contributed by atoms with E-state index in [0.717, 1.165) is 32.2 Å². The molecule has 0 bridgehead atoms. The van der Waals surface area contributed by atoms with Crippen molar-refractivity contribution in [2.45, 2.75) is 68.6 Å². The average molecular weight is 357 g/mol. The molecule has 5 atom stereocenters. The van der Waals surface area contributed by atoms with Crippen LogP contribution in [-0.4, -0.2) is 49.9 Å². The molecule has 3 aliphatic heterocycles. The van der Waals surface area contributed by atoms with E-state index in [1.807, 2.05) is 0 Å². The topological polar surface area (TPSA) is 57.3 Å². The fourth-order valence-electron chi connectivity index (χ4n) is 5.28. The molecule has 3 heterocycles. The Hall–Kier alpha value is 0.0900. The Balaban J connectivity index is 1.36. The normalized spacial score (nSPS) is 46.6. The average Bonchev–Trinajstić information content (AvgIpc) is 3.14. The molecule has 3 saturated heterocycles. The van der Waals surface area contributed by atoms with Crippen LogP contribution in [0.5, 0.6) is 0 Å². The predicted octanol–water partition coefficient (Wildman–Crippen LogP) is 1.58. The number of alkyl halides is 1. The van der Waals surface area contributed by atoms with Gasteiger partial charge in [-0.2, -0.15) is 0 Å². The number of halogens is 1. The molecule has 0 aromatic heterocycles. The highest BCUT2D eigenvalue weighted by Crippen LogP contribution is 2.37. The van der Waals surface area contributed by atoms with E-state index in [-0.39, 0.29) is 0 Å². The van der Waals surface area contributed by atoms with E-state index < -0.39 is 0 Å². The highest BCUT2D eigenvalue weighted by Gasteiger charge is 2.44. The summed E-state index contributed by atoms with van der Waals surface area (Å²) >= 11 is 6.31.